The number of nitrogens with one attached hydrogen (secondary N) is 1. The summed E-state index contributed by atoms with van der Waals surface area (Å²) < 4.78 is 5.25. The summed E-state index contributed by atoms with van der Waals surface area (Å²) in [5.41, 5.74) is -0.175. The van der Waals surface area contributed by atoms with Crippen LogP contribution < -0.4 is 5.32 Å². The van der Waals surface area contributed by atoms with Crippen LogP contribution in [0.1, 0.15) is 53.4 Å². The Morgan fingerprint density at radius 3 is 2.35 bits per heavy atom. The molecular formula is C13H23NO3. The highest BCUT2D eigenvalue weighted by atomic mass is 16.6. The number of aliphatic hydroxyl groups is 1. The number of rotatable bonds is 3. The van der Waals surface area contributed by atoms with Gasteiger partial charge in [-0.25, -0.2) is 4.79 Å². The quantitative estimate of drug-likeness (QED) is 0.796. The van der Waals surface area contributed by atoms with Gasteiger partial charge in [-0.15, -0.1) is 0 Å². The van der Waals surface area contributed by atoms with Crippen molar-refractivity contribution in [3.05, 3.63) is 0 Å². The van der Waals surface area contributed by atoms with E-state index in [1.54, 1.807) is 0 Å². The lowest BCUT2D eigenvalue weighted by atomic mass is 9.38. The lowest BCUT2D eigenvalue weighted by Crippen LogP contribution is -2.75. The van der Waals surface area contributed by atoms with E-state index >= 15 is 0 Å². The predicted octanol–water partition coefficient (Wildman–Crippen LogP) is 2.20. The Balaban J connectivity index is 1.76. The van der Waals surface area contributed by atoms with Crippen LogP contribution in [0.3, 0.4) is 0 Å². The molecule has 0 spiro atoms. The van der Waals surface area contributed by atoms with Crippen molar-refractivity contribution in [1.82, 2.24) is 5.32 Å². The molecule has 0 aromatic heterocycles. The van der Waals surface area contributed by atoms with Gasteiger partial charge in [0.1, 0.15) is 5.60 Å². The maximum absolute atomic E-state index is 11.6. The second-order valence-corrected chi connectivity index (χ2v) is 6.99. The summed E-state index contributed by atoms with van der Waals surface area (Å²) in [5, 5.41) is 12.4. The van der Waals surface area contributed by atoms with E-state index in [1.165, 1.54) is 0 Å². The van der Waals surface area contributed by atoms with Crippen molar-refractivity contribution in [3.63, 3.8) is 0 Å². The summed E-state index contributed by atoms with van der Waals surface area (Å²) in [6.07, 6.45) is 3.26. The van der Waals surface area contributed by atoms with Crippen molar-refractivity contribution in [1.29, 1.82) is 0 Å². The molecular weight excluding hydrogens is 218 g/mol. The van der Waals surface area contributed by atoms with Gasteiger partial charge >= 0.3 is 6.09 Å². The third-order valence-corrected chi connectivity index (χ3v) is 3.63. The fourth-order valence-electron chi connectivity index (χ4n) is 3.49. The first-order valence-electron chi connectivity index (χ1n) is 6.33. The third-order valence-electron chi connectivity index (χ3n) is 3.63. The van der Waals surface area contributed by atoms with Crippen LogP contribution in [0.15, 0.2) is 0 Å². The predicted molar refractivity (Wildman–Crippen MR) is 64.7 cm³/mol. The molecule has 3 fully saturated rings. The molecule has 3 aliphatic rings. The van der Waals surface area contributed by atoms with Gasteiger partial charge < -0.3 is 15.2 Å². The number of hydrogen-bond donors (Lipinski definition) is 2. The number of aliphatic hydroxyl groups excluding tert-OH is 1. The maximum Gasteiger partial charge on any atom is 0.408 e. The van der Waals surface area contributed by atoms with Crippen LogP contribution in [0.25, 0.3) is 0 Å². The van der Waals surface area contributed by atoms with Crippen molar-refractivity contribution in [3.8, 4) is 0 Å². The molecule has 1 amide bonds. The van der Waals surface area contributed by atoms with Crippen LogP contribution in [0, 0.1) is 5.41 Å². The highest BCUT2D eigenvalue weighted by Crippen LogP contribution is 2.69. The first kappa shape index (κ1) is 12.7. The van der Waals surface area contributed by atoms with E-state index in [-0.39, 0.29) is 17.7 Å². The molecule has 0 aromatic rings. The molecule has 0 aromatic carbocycles. The summed E-state index contributed by atoms with van der Waals surface area (Å²) in [6, 6.07) is 0. The molecule has 17 heavy (non-hydrogen) atoms. The maximum atomic E-state index is 11.6. The molecule has 3 rings (SSSR count). The average molecular weight is 241 g/mol. The van der Waals surface area contributed by atoms with Gasteiger partial charge in [-0.3, -0.25) is 0 Å². The van der Waals surface area contributed by atoms with Gasteiger partial charge in [-0.2, -0.15) is 0 Å². The number of carbonyl (C=O) groups is 1. The normalized spacial score (nSPS) is 36.5. The molecule has 1 unspecified atom stereocenters. The molecule has 3 aliphatic carbocycles. The van der Waals surface area contributed by atoms with E-state index < -0.39 is 5.60 Å². The first-order valence-corrected chi connectivity index (χ1v) is 6.33. The zero-order chi connectivity index (χ0) is 12.9. The zero-order valence-electron chi connectivity index (χ0n) is 11.2. The Kier molecular flexibility index (Phi) is 2.69. The van der Waals surface area contributed by atoms with Gasteiger partial charge in [-0.1, -0.05) is 0 Å². The molecule has 0 heterocycles. The Labute approximate surface area is 103 Å². The number of alkyl carbamates (subject to hydrolysis) is 1. The van der Waals surface area contributed by atoms with Crippen LogP contribution in [0.2, 0.25) is 0 Å². The van der Waals surface area contributed by atoms with Gasteiger partial charge in [0.05, 0.1) is 6.10 Å². The van der Waals surface area contributed by atoms with E-state index in [9.17, 15) is 9.90 Å². The van der Waals surface area contributed by atoms with Crippen molar-refractivity contribution in [2.45, 2.75) is 70.6 Å². The molecule has 3 saturated carbocycles. The van der Waals surface area contributed by atoms with Crippen LogP contribution >= 0.6 is 0 Å². The summed E-state index contributed by atoms with van der Waals surface area (Å²) in [4.78, 5) is 11.6. The number of carbonyl (C=O) groups excluding carboxylic acids is 1. The monoisotopic (exact) mass is 241 g/mol. The molecule has 0 aliphatic heterocycles. The summed E-state index contributed by atoms with van der Waals surface area (Å²) in [7, 11) is 0. The third kappa shape index (κ3) is 2.57. The molecule has 0 saturated heterocycles. The van der Waals surface area contributed by atoms with Crippen molar-refractivity contribution >= 4 is 6.09 Å². The van der Waals surface area contributed by atoms with E-state index in [2.05, 4.69) is 5.32 Å². The minimum absolute atomic E-state index is 0.0305. The summed E-state index contributed by atoms with van der Waals surface area (Å²) >= 11 is 0. The van der Waals surface area contributed by atoms with Crippen LogP contribution in [0.5, 0.6) is 0 Å². The fourth-order valence-corrected chi connectivity index (χ4v) is 3.49. The van der Waals surface area contributed by atoms with Gasteiger partial charge in [0.25, 0.3) is 0 Å². The summed E-state index contributed by atoms with van der Waals surface area (Å²) in [5.74, 6) is 0. The SMILES string of the molecule is CC(O)CC12CC(NC(=O)OC(C)(C)C)(C1)C2. The zero-order valence-corrected chi connectivity index (χ0v) is 11.2. The van der Waals surface area contributed by atoms with E-state index in [4.69, 9.17) is 4.74 Å². The van der Waals surface area contributed by atoms with E-state index in [0.717, 1.165) is 25.7 Å². The molecule has 98 valence electrons. The van der Waals surface area contributed by atoms with E-state index in [1.807, 2.05) is 27.7 Å². The molecule has 2 N–H and O–H groups in total. The lowest BCUT2D eigenvalue weighted by molar-refractivity contribution is -0.168. The van der Waals surface area contributed by atoms with E-state index in [0.29, 0.717) is 5.41 Å². The highest BCUT2D eigenvalue weighted by Gasteiger charge is 2.68. The Morgan fingerprint density at radius 2 is 1.94 bits per heavy atom. The second kappa shape index (κ2) is 3.61. The van der Waals surface area contributed by atoms with Gasteiger partial charge in [0.2, 0.25) is 0 Å². The minimum Gasteiger partial charge on any atom is -0.444 e. The van der Waals surface area contributed by atoms with Crippen LogP contribution in [-0.2, 0) is 4.74 Å². The van der Waals surface area contributed by atoms with Gasteiger partial charge in [-0.05, 0) is 58.8 Å². The van der Waals surface area contributed by atoms with Crippen molar-refractivity contribution in [2.24, 2.45) is 5.41 Å². The summed E-state index contributed by atoms with van der Waals surface area (Å²) in [6.45, 7) is 7.42. The van der Waals surface area contributed by atoms with Crippen molar-refractivity contribution < 1.29 is 14.6 Å². The Bertz CT molecular complexity index is 310. The number of amides is 1. The van der Waals surface area contributed by atoms with Gasteiger partial charge in [0.15, 0.2) is 0 Å². The minimum atomic E-state index is -0.440. The first-order chi connectivity index (χ1) is 7.64. The largest absolute Gasteiger partial charge is 0.444 e. The smallest absolute Gasteiger partial charge is 0.408 e. The average Bonchev–Trinajstić information content (AvgIpc) is 1.92. The van der Waals surface area contributed by atoms with Crippen molar-refractivity contribution in [2.75, 3.05) is 0 Å². The molecule has 2 bridgehead atoms. The molecule has 4 nitrogen and oxygen atoms in total. The van der Waals surface area contributed by atoms with Crippen LogP contribution in [-0.4, -0.2) is 28.4 Å². The number of hydrogen-bond acceptors (Lipinski definition) is 3. The topological polar surface area (TPSA) is 58.6 Å². The highest BCUT2D eigenvalue weighted by molar-refractivity contribution is 5.69. The standard InChI is InChI=1S/C13H23NO3/c1-9(15)5-12-6-13(7-12,8-12)14-10(16)17-11(2,3)4/h9,15H,5-8H2,1-4H3,(H,14,16). The number of ether oxygens (including phenoxy) is 1. The lowest BCUT2D eigenvalue weighted by Gasteiger charge is -2.71. The molecule has 1 atom stereocenters. The molecule has 0 radical (unpaired) electrons. The second-order valence-electron chi connectivity index (χ2n) is 6.99. The Hall–Kier alpha value is -0.770. The van der Waals surface area contributed by atoms with Crippen LogP contribution in [0.4, 0.5) is 4.79 Å². The molecule has 4 heteroatoms. The van der Waals surface area contributed by atoms with Gasteiger partial charge in [0, 0.05) is 5.54 Å². The fraction of sp³-hybridized carbons (Fsp3) is 0.923. The Morgan fingerprint density at radius 1 is 1.41 bits per heavy atom.